The Kier molecular flexibility index (Phi) is 5.05. The van der Waals surface area contributed by atoms with Crippen molar-refractivity contribution in [2.45, 2.75) is 38.3 Å². The third kappa shape index (κ3) is 5.74. The first-order valence-electron chi connectivity index (χ1n) is 5.78. The predicted molar refractivity (Wildman–Crippen MR) is 61.8 cm³/mol. The summed E-state index contributed by atoms with van der Waals surface area (Å²) in [5.74, 6) is 0.141. The molecule has 1 unspecified atom stereocenters. The van der Waals surface area contributed by atoms with Crippen LogP contribution < -0.4 is 10.6 Å². The smallest absolute Gasteiger partial charge is 0.237 e. The van der Waals surface area contributed by atoms with Crippen LogP contribution in [0.5, 0.6) is 0 Å². The molecule has 0 radical (unpaired) electrons. The maximum atomic E-state index is 11.5. The van der Waals surface area contributed by atoms with Gasteiger partial charge in [0, 0.05) is 6.04 Å². The van der Waals surface area contributed by atoms with E-state index in [9.17, 15) is 4.79 Å². The zero-order valence-corrected chi connectivity index (χ0v) is 10.0. The number of nitrogens with zero attached hydrogens (tertiary/aromatic N) is 1. The van der Waals surface area contributed by atoms with Crippen LogP contribution in [0.4, 0.5) is 0 Å². The second-order valence-electron chi connectivity index (χ2n) is 4.62. The number of hydrogen-bond donors (Lipinski definition) is 2. The van der Waals surface area contributed by atoms with Gasteiger partial charge in [-0.15, -0.1) is 0 Å². The Balaban J connectivity index is 2.01. The van der Waals surface area contributed by atoms with Crippen molar-refractivity contribution in [2.75, 3.05) is 27.2 Å². The molecule has 1 aliphatic carbocycles. The van der Waals surface area contributed by atoms with Gasteiger partial charge in [0.15, 0.2) is 0 Å². The molecular formula is C11H23N3O. The molecule has 4 nitrogen and oxygen atoms in total. The second kappa shape index (κ2) is 6.08. The van der Waals surface area contributed by atoms with E-state index < -0.39 is 0 Å². The topological polar surface area (TPSA) is 44.4 Å². The molecule has 1 atom stereocenters. The summed E-state index contributed by atoms with van der Waals surface area (Å²) in [5, 5.41) is 6.22. The van der Waals surface area contributed by atoms with E-state index in [-0.39, 0.29) is 11.9 Å². The lowest BCUT2D eigenvalue weighted by atomic mass is 10.3. The van der Waals surface area contributed by atoms with Gasteiger partial charge in [-0.1, -0.05) is 0 Å². The quantitative estimate of drug-likeness (QED) is 0.594. The Labute approximate surface area is 92.4 Å². The molecule has 0 aliphatic heterocycles. The monoisotopic (exact) mass is 213 g/mol. The van der Waals surface area contributed by atoms with Gasteiger partial charge in [-0.2, -0.15) is 0 Å². The van der Waals surface area contributed by atoms with Gasteiger partial charge in [0.05, 0.1) is 6.04 Å². The molecule has 0 saturated heterocycles. The van der Waals surface area contributed by atoms with Crippen molar-refractivity contribution in [3.63, 3.8) is 0 Å². The van der Waals surface area contributed by atoms with Crippen molar-refractivity contribution in [1.29, 1.82) is 0 Å². The number of hydrogen-bond acceptors (Lipinski definition) is 3. The fraction of sp³-hybridized carbons (Fsp3) is 0.909. The fourth-order valence-electron chi connectivity index (χ4n) is 1.36. The number of carbonyl (C=O) groups excluding carboxylic acids is 1. The van der Waals surface area contributed by atoms with E-state index in [2.05, 4.69) is 29.6 Å². The standard InChI is InChI=1S/C11H23N3O/c1-9(11(15)13-10-5-6-10)12-7-4-8-14(2)3/h9-10,12H,4-8H2,1-3H3,(H,13,15). The molecule has 1 saturated carbocycles. The van der Waals surface area contributed by atoms with E-state index in [1.165, 1.54) is 0 Å². The van der Waals surface area contributed by atoms with E-state index in [0.29, 0.717) is 6.04 Å². The zero-order valence-electron chi connectivity index (χ0n) is 10.0. The van der Waals surface area contributed by atoms with Crippen molar-refractivity contribution in [3.8, 4) is 0 Å². The molecule has 88 valence electrons. The number of rotatable bonds is 7. The third-order valence-corrected chi connectivity index (χ3v) is 2.55. The molecule has 0 aromatic rings. The average molecular weight is 213 g/mol. The molecule has 15 heavy (non-hydrogen) atoms. The third-order valence-electron chi connectivity index (χ3n) is 2.55. The minimum absolute atomic E-state index is 0.0623. The maximum absolute atomic E-state index is 11.5. The van der Waals surface area contributed by atoms with Crippen LogP contribution in [0.25, 0.3) is 0 Å². The van der Waals surface area contributed by atoms with E-state index in [0.717, 1.165) is 32.4 Å². The van der Waals surface area contributed by atoms with Crippen LogP contribution in [0.1, 0.15) is 26.2 Å². The summed E-state index contributed by atoms with van der Waals surface area (Å²) in [5.41, 5.74) is 0. The van der Waals surface area contributed by atoms with Crippen LogP contribution in [0, 0.1) is 0 Å². The van der Waals surface area contributed by atoms with E-state index >= 15 is 0 Å². The Morgan fingerprint density at radius 2 is 2.13 bits per heavy atom. The van der Waals surface area contributed by atoms with Gasteiger partial charge in [-0.05, 0) is 53.4 Å². The summed E-state index contributed by atoms with van der Waals surface area (Å²) in [6.07, 6.45) is 3.38. The molecule has 0 heterocycles. The van der Waals surface area contributed by atoms with Gasteiger partial charge >= 0.3 is 0 Å². The summed E-state index contributed by atoms with van der Waals surface area (Å²) in [7, 11) is 4.12. The van der Waals surface area contributed by atoms with Crippen molar-refractivity contribution in [3.05, 3.63) is 0 Å². The van der Waals surface area contributed by atoms with Gasteiger partial charge < -0.3 is 15.5 Å². The van der Waals surface area contributed by atoms with Crippen LogP contribution >= 0.6 is 0 Å². The first-order chi connectivity index (χ1) is 7.09. The van der Waals surface area contributed by atoms with Crippen molar-refractivity contribution < 1.29 is 4.79 Å². The van der Waals surface area contributed by atoms with Crippen LogP contribution in [-0.2, 0) is 4.79 Å². The normalized spacial score (nSPS) is 17.9. The first-order valence-corrected chi connectivity index (χ1v) is 5.78. The van der Waals surface area contributed by atoms with Crippen molar-refractivity contribution >= 4 is 5.91 Å². The Hall–Kier alpha value is -0.610. The highest BCUT2D eigenvalue weighted by molar-refractivity contribution is 5.81. The average Bonchev–Trinajstić information content (AvgIpc) is 2.95. The van der Waals surface area contributed by atoms with Crippen molar-refractivity contribution in [1.82, 2.24) is 15.5 Å². The van der Waals surface area contributed by atoms with Gasteiger partial charge in [0.1, 0.15) is 0 Å². The summed E-state index contributed by atoms with van der Waals surface area (Å²) >= 11 is 0. The lowest BCUT2D eigenvalue weighted by Crippen LogP contribution is -2.43. The van der Waals surface area contributed by atoms with Crippen LogP contribution in [0.3, 0.4) is 0 Å². The molecule has 0 aromatic carbocycles. The largest absolute Gasteiger partial charge is 0.352 e. The van der Waals surface area contributed by atoms with E-state index in [1.54, 1.807) is 0 Å². The van der Waals surface area contributed by atoms with Crippen LogP contribution in [0.2, 0.25) is 0 Å². The molecule has 1 fully saturated rings. The Morgan fingerprint density at radius 3 is 2.67 bits per heavy atom. The molecule has 1 amide bonds. The molecule has 2 N–H and O–H groups in total. The number of nitrogens with one attached hydrogen (secondary N) is 2. The molecule has 4 heteroatoms. The Morgan fingerprint density at radius 1 is 1.47 bits per heavy atom. The lowest BCUT2D eigenvalue weighted by molar-refractivity contribution is -0.122. The highest BCUT2D eigenvalue weighted by Gasteiger charge is 2.25. The van der Waals surface area contributed by atoms with Gasteiger partial charge in [0.2, 0.25) is 5.91 Å². The highest BCUT2D eigenvalue weighted by atomic mass is 16.2. The summed E-state index contributed by atoms with van der Waals surface area (Å²) in [6, 6.07) is 0.399. The number of amides is 1. The minimum Gasteiger partial charge on any atom is -0.352 e. The zero-order chi connectivity index (χ0) is 11.3. The summed E-state index contributed by atoms with van der Waals surface area (Å²) in [4.78, 5) is 13.7. The second-order valence-corrected chi connectivity index (χ2v) is 4.62. The molecular weight excluding hydrogens is 190 g/mol. The summed E-state index contributed by atoms with van der Waals surface area (Å²) in [6.45, 7) is 3.88. The van der Waals surface area contributed by atoms with Crippen molar-refractivity contribution in [2.24, 2.45) is 0 Å². The predicted octanol–water partition coefficient (Wildman–Crippen LogP) is 0.195. The minimum atomic E-state index is -0.0623. The molecule has 1 rings (SSSR count). The molecule has 0 bridgehead atoms. The van der Waals surface area contributed by atoms with Crippen LogP contribution in [0.15, 0.2) is 0 Å². The number of carbonyl (C=O) groups is 1. The van der Waals surface area contributed by atoms with Crippen LogP contribution in [-0.4, -0.2) is 50.1 Å². The molecule has 0 spiro atoms. The van der Waals surface area contributed by atoms with Gasteiger partial charge in [-0.25, -0.2) is 0 Å². The van der Waals surface area contributed by atoms with E-state index in [1.807, 2.05) is 6.92 Å². The SMILES string of the molecule is CC(NCCCN(C)C)C(=O)NC1CC1. The Bertz CT molecular complexity index is 202. The van der Waals surface area contributed by atoms with Gasteiger partial charge in [-0.3, -0.25) is 4.79 Å². The molecule has 0 aromatic heterocycles. The lowest BCUT2D eigenvalue weighted by Gasteiger charge is -2.14. The fourth-order valence-corrected chi connectivity index (χ4v) is 1.36. The first kappa shape index (κ1) is 12.5. The highest BCUT2D eigenvalue weighted by Crippen LogP contribution is 2.18. The summed E-state index contributed by atoms with van der Waals surface area (Å²) < 4.78 is 0. The maximum Gasteiger partial charge on any atom is 0.237 e. The van der Waals surface area contributed by atoms with E-state index in [4.69, 9.17) is 0 Å². The molecule has 1 aliphatic rings. The van der Waals surface area contributed by atoms with Gasteiger partial charge in [0.25, 0.3) is 0 Å².